The third kappa shape index (κ3) is 4.40. The van der Waals surface area contributed by atoms with Gasteiger partial charge >= 0.3 is 0 Å². The lowest BCUT2D eigenvalue weighted by molar-refractivity contribution is 0.0696. The summed E-state index contributed by atoms with van der Waals surface area (Å²) in [5.74, 6) is 0.958. The van der Waals surface area contributed by atoms with Crippen molar-refractivity contribution < 1.29 is 19.1 Å². The normalized spacial score (nSPS) is 14.6. The molecule has 1 aromatic heterocycles. The lowest BCUT2D eigenvalue weighted by Gasteiger charge is -2.32. The molecule has 150 valence electrons. The Balaban J connectivity index is 1.61. The van der Waals surface area contributed by atoms with Crippen molar-refractivity contribution in [2.45, 2.75) is 18.9 Å². The first-order valence-electron chi connectivity index (χ1n) is 8.93. The van der Waals surface area contributed by atoms with Gasteiger partial charge in [-0.15, -0.1) is 0 Å². The summed E-state index contributed by atoms with van der Waals surface area (Å²) in [6.07, 6.45) is 4.66. The molecule has 0 bridgehead atoms. The third-order valence-electron chi connectivity index (χ3n) is 4.79. The van der Waals surface area contributed by atoms with Crippen LogP contribution < -0.4 is 14.8 Å². The van der Waals surface area contributed by atoms with E-state index in [4.69, 9.17) is 9.47 Å². The summed E-state index contributed by atoms with van der Waals surface area (Å²) < 4.78 is 13.0. The molecule has 1 fully saturated rings. The first-order valence-corrected chi connectivity index (χ1v) is 10.0. The minimum absolute atomic E-state index is 0.0395. The Bertz CT molecular complexity index is 875. The topological polar surface area (TPSA) is 85.7 Å². The molecule has 1 aromatic carbocycles. The Morgan fingerprint density at radius 2 is 1.82 bits per heavy atom. The molecule has 0 radical (unpaired) electrons. The van der Waals surface area contributed by atoms with Gasteiger partial charge in [-0.2, -0.15) is 5.10 Å². The molecule has 9 heteroatoms. The molecule has 1 saturated heterocycles. The van der Waals surface area contributed by atoms with Gasteiger partial charge in [0.05, 0.1) is 31.5 Å². The maximum atomic E-state index is 13.0. The summed E-state index contributed by atoms with van der Waals surface area (Å²) in [6, 6.07) is 3.56. The summed E-state index contributed by atoms with van der Waals surface area (Å²) in [7, 11) is 4.89. The summed E-state index contributed by atoms with van der Waals surface area (Å²) in [6.45, 7) is 1.17. The molecule has 1 N–H and O–H groups in total. The zero-order chi connectivity index (χ0) is 20.3. The molecule has 2 aromatic rings. The van der Waals surface area contributed by atoms with E-state index in [0.717, 1.165) is 3.57 Å². The van der Waals surface area contributed by atoms with Crippen molar-refractivity contribution in [3.8, 4) is 11.5 Å². The van der Waals surface area contributed by atoms with Crippen molar-refractivity contribution >= 4 is 34.4 Å². The van der Waals surface area contributed by atoms with Crippen molar-refractivity contribution in [1.29, 1.82) is 0 Å². The summed E-state index contributed by atoms with van der Waals surface area (Å²) in [4.78, 5) is 27.1. The van der Waals surface area contributed by atoms with E-state index in [1.165, 1.54) is 0 Å². The van der Waals surface area contributed by atoms with Gasteiger partial charge in [-0.1, -0.05) is 0 Å². The minimum atomic E-state index is -0.132. The lowest BCUT2D eigenvalue weighted by Crippen LogP contribution is -2.46. The Hall–Kier alpha value is -2.30. The van der Waals surface area contributed by atoms with Crippen LogP contribution in [0.2, 0.25) is 0 Å². The summed E-state index contributed by atoms with van der Waals surface area (Å²) in [5.41, 5.74) is 1.14. The molecule has 0 saturated carbocycles. The van der Waals surface area contributed by atoms with Crippen LogP contribution in [0.15, 0.2) is 24.5 Å². The number of amides is 2. The number of hydrogen-bond donors (Lipinski definition) is 1. The first-order chi connectivity index (χ1) is 13.4. The average molecular weight is 498 g/mol. The van der Waals surface area contributed by atoms with Gasteiger partial charge in [-0.3, -0.25) is 14.3 Å². The minimum Gasteiger partial charge on any atom is -0.493 e. The lowest BCUT2D eigenvalue weighted by atomic mass is 10.0. The molecule has 3 rings (SSSR count). The molecular weight excluding hydrogens is 475 g/mol. The van der Waals surface area contributed by atoms with Crippen molar-refractivity contribution in [1.82, 2.24) is 20.0 Å². The van der Waals surface area contributed by atoms with Crippen LogP contribution in [0.1, 0.15) is 33.6 Å². The van der Waals surface area contributed by atoms with E-state index < -0.39 is 0 Å². The van der Waals surface area contributed by atoms with E-state index in [1.807, 2.05) is 4.90 Å². The first kappa shape index (κ1) is 20.4. The highest BCUT2D eigenvalue weighted by Gasteiger charge is 2.27. The number of nitrogens with zero attached hydrogens (tertiary/aromatic N) is 3. The largest absolute Gasteiger partial charge is 0.493 e. The number of rotatable bonds is 5. The molecule has 2 heterocycles. The second kappa shape index (κ2) is 8.80. The summed E-state index contributed by atoms with van der Waals surface area (Å²) >= 11 is 2.13. The number of carbonyl (C=O) groups excluding carboxylic acids is 2. The number of ether oxygens (including phenoxy) is 2. The number of carbonyl (C=O) groups is 2. The maximum absolute atomic E-state index is 13.0. The second-order valence-corrected chi connectivity index (χ2v) is 7.79. The van der Waals surface area contributed by atoms with Gasteiger partial charge in [-0.05, 0) is 47.6 Å². The average Bonchev–Trinajstić information content (AvgIpc) is 3.14. The quantitative estimate of drug-likeness (QED) is 0.639. The van der Waals surface area contributed by atoms with Gasteiger partial charge in [0, 0.05) is 35.9 Å². The van der Waals surface area contributed by atoms with Gasteiger partial charge < -0.3 is 19.7 Å². The third-order valence-corrected chi connectivity index (χ3v) is 5.68. The standard InChI is InChI=1S/C19H23IN4O4/c1-23-11-12(10-21-23)18(25)22-13-4-6-24(7-5-13)19(26)14-8-16(27-2)17(28-3)9-15(14)20/h8-11,13H,4-7H2,1-3H3,(H,22,25). The Kier molecular flexibility index (Phi) is 6.42. The highest BCUT2D eigenvalue weighted by molar-refractivity contribution is 14.1. The second-order valence-electron chi connectivity index (χ2n) is 6.63. The molecule has 8 nitrogen and oxygen atoms in total. The fourth-order valence-electron chi connectivity index (χ4n) is 3.22. The monoisotopic (exact) mass is 498 g/mol. The number of aryl methyl sites for hydroxylation is 1. The molecule has 2 amide bonds. The van der Waals surface area contributed by atoms with E-state index in [1.54, 1.807) is 50.5 Å². The van der Waals surface area contributed by atoms with Gasteiger partial charge in [-0.25, -0.2) is 0 Å². The Morgan fingerprint density at radius 3 is 2.39 bits per heavy atom. The number of likely N-dealkylation sites (tertiary alicyclic amines) is 1. The van der Waals surface area contributed by atoms with Crippen LogP contribution in [-0.4, -0.2) is 59.8 Å². The van der Waals surface area contributed by atoms with E-state index in [2.05, 4.69) is 33.0 Å². The molecular formula is C19H23IN4O4. The van der Waals surface area contributed by atoms with Crippen molar-refractivity contribution in [3.05, 3.63) is 39.2 Å². The Labute approximate surface area is 177 Å². The molecule has 1 aliphatic rings. The van der Waals surface area contributed by atoms with Crippen LogP contribution in [-0.2, 0) is 7.05 Å². The van der Waals surface area contributed by atoms with Crippen LogP contribution in [0, 0.1) is 3.57 Å². The summed E-state index contributed by atoms with van der Waals surface area (Å²) in [5, 5.41) is 7.04. The fourth-order valence-corrected chi connectivity index (χ4v) is 3.89. The van der Waals surface area contributed by atoms with Gasteiger partial charge in [0.1, 0.15) is 0 Å². The van der Waals surface area contributed by atoms with Crippen LogP contribution in [0.25, 0.3) is 0 Å². The smallest absolute Gasteiger partial charge is 0.255 e. The van der Waals surface area contributed by atoms with Gasteiger partial charge in [0.25, 0.3) is 11.8 Å². The van der Waals surface area contributed by atoms with E-state index in [-0.39, 0.29) is 17.9 Å². The van der Waals surface area contributed by atoms with Crippen LogP contribution in [0.3, 0.4) is 0 Å². The maximum Gasteiger partial charge on any atom is 0.255 e. The zero-order valence-corrected chi connectivity index (χ0v) is 18.2. The predicted octanol–water partition coefficient (Wildman–Crippen LogP) is 2.08. The van der Waals surface area contributed by atoms with E-state index in [9.17, 15) is 9.59 Å². The number of hydrogen-bond acceptors (Lipinski definition) is 5. The molecule has 0 spiro atoms. The van der Waals surface area contributed by atoms with Crippen molar-refractivity contribution in [2.24, 2.45) is 7.05 Å². The number of halogens is 1. The highest BCUT2D eigenvalue weighted by atomic mass is 127. The number of methoxy groups -OCH3 is 2. The number of nitrogens with one attached hydrogen (secondary N) is 1. The number of piperidine rings is 1. The van der Waals surface area contributed by atoms with Crippen LogP contribution >= 0.6 is 22.6 Å². The molecule has 0 atom stereocenters. The van der Waals surface area contributed by atoms with Gasteiger partial charge in [0.15, 0.2) is 11.5 Å². The molecule has 0 unspecified atom stereocenters. The fraction of sp³-hybridized carbons (Fsp3) is 0.421. The highest BCUT2D eigenvalue weighted by Crippen LogP contribution is 2.32. The molecule has 0 aliphatic carbocycles. The zero-order valence-electron chi connectivity index (χ0n) is 16.1. The van der Waals surface area contributed by atoms with Crippen LogP contribution in [0.5, 0.6) is 11.5 Å². The van der Waals surface area contributed by atoms with Crippen molar-refractivity contribution in [3.63, 3.8) is 0 Å². The van der Waals surface area contributed by atoms with Gasteiger partial charge in [0.2, 0.25) is 0 Å². The number of aromatic nitrogens is 2. The Morgan fingerprint density at radius 1 is 1.18 bits per heavy atom. The van der Waals surface area contributed by atoms with E-state index >= 15 is 0 Å². The molecule has 28 heavy (non-hydrogen) atoms. The SMILES string of the molecule is COc1cc(I)c(C(=O)N2CCC(NC(=O)c3cnn(C)c3)CC2)cc1OC. The van der Waals surface area contributed by atoms with Crippen molar-refractivity contribution in [2.75, 3.05) is 27.3 Å². The number of benzene rings is 1. The molecule has 1 aliphatic heterocycles. The van der Waals surface area contributed by atoms with Crippen LogP contribution in [0.4, 0.5) is 0 Å². The van der Waals surface area contributed by atoms with E-state index in [0.29, 0.717) is 48.6 Å². The predicted molar refractivity (Wildman–Crippen MR) is 112 cm³/mol.